The number of methoxy groups -OCH3 is 1. The van der Waals surface area contributed by atoms with Crippen LogP contribution in [0.1, 0.15) is 27.6 Å². The molecule has 3 aromatic carbocycles. The number of carbonyl (C=O) groups excluding carboxylic acids is 3. The molecule has 0 saturated carbocycles. The molecule has 5 N–H and O–H groups in total. The van der Waals surface area contributed by atoms with E-state index in [-0.39, 0.29) is 11.8 Å². The van der Waals surface area contributed by atoms with E-state index in [0.717, 1.165) is 0 Å². The van der Waals surface area contributed by atoms with Crippen molar-refractivity contribution < 1.29 is 19.1 Å². The lowest BCUT2D eigenvalue weighted by atomic mass is 10.1. The Morgan fingerprint density at radius 3 is 2.03 bits per heavy atom. The second kappa shape index (κ2) is 10.1. The number of rotatable bonds is 8. The molecular weight excluding hydrogens is 408 g/mol. The number of para-hydroxylation sites is 2. The van der Waals surface area contributed by atoms with Crippen LogP contribution >= 0.6 is 0 Å². The van der Waals surface area contributed by atoms with E-state index in [9.17, 15) is 14.4 Å². The van der Waals surface area contributed by atoms with Crippen LogP contribution in [0, 0.1) is 0 Å². The zero-order valence-electron chi connectivity index (χ0n) is 17.7. The standard InChI is InChI=1S/C24H24N4O4/c1-15(23(30)27-19-11-7-16(8-12-19)22(25)29)26-18-13-9-17(10-14-18)24(31)28-20-5-3-4-6-21(20)32-2/h3-15,26H,1-2H3,(H2,25,29)(H,27,30)(H,28,31). The van der Waals surface area contributed by atoms with Crippen molar-refractivity contribution in [3.05, 3.63) is 83.9 Å². The van der Waals surface area contributed by atoms with Crippen LogP contribution in [0.4, 0.5) is 17.1 Å². The molecule has 1 unspecified atom stereocenters. The van der Waals surface area contributed by atoms with Crippen LogP contribution in [-0.2, 0) is 4.79 Å². The summed E-state index contributed by atoms with van der Waals surface area (Å²) >= 11 is 0. The van der Waals surface area contributed by atoms with E-state index in [1.807, 2.05) is 12.1 Å². The Balaban J connectivity index is 1.57. The van der Waals surface area contributed by atoms with Gasteiger partial charge in [-0.05, 0) is 67.6 Å². The Hall–Kier alpha value is -4.33. The Morgan fingerprint density at radius 2 is 1.41 bits per heavy atom. The van der Waals surface area contributed by atoms with E-state index in [2.05, 4.69) is 16.0 Å². The molecule has 0 aliphatic carbocycles. The summed E-state index contributed by atoms with van der Waals surface area (Å²) < 4.78 is 5.24. The molecular formula is C24H24N4O4. The second-order valence-corrected chi connectivity index (χ2v) is 7.03. The number of hydrogen-bond acceptors (Lipinski definition) is 5. The Bertz CT molecular complexity index is 1110. The van der Waals surface area contributed by atoms with E-state index in [1.165, 1.54) is 0 Å². The molecule has 3 amide bonds. The maximum atomic E-state index is 12.5. The number of amides is 3. The normalized spacial score (nSPS) is 11.2. The summed E-state index contributed by atoms with van der Waals surface area (Å²) in [4.78, 5) is 36.1. The van der Waals surface area contributed by atoms with Crippen molar-refractivity contribution in [2.45, 2.75) is 13.0 Å². The topological polar surface area (TPSA) is 123 Å². The smallest absolute Gasteiger partial charge is 0.255 e. The number of primary amides is 1. The lowest BCUT2D eigenvalue weighted by Crippen LogP contribution is -2.31. The molecule has 164 valence electrons. The van der Waals surface area contributed by atoms with Gasteiger partial charge in [-0.2, -0.15) is 0 Å². The molecule has 8 nitrogen and oxygen atoms in total. The SMILES string of the molecule is COc1ccccc1NC(=O)c1ccc(NC(C)C(=O)Nc2ccc(C(N)=O)cc2)cc1. The fraction of sp³-hybridized carbons (Fsp3) is 0.125. The van der Waals surface area contributed by atoms with Crippen molar-refractivity contribution in [2.75, 3.05) is 23.1 Å². The van der Waals surface area contributed by atoms with Gasteiger partial charge >= 0.3 is 0 Å². The van der Waals surface area contributed by atoms with Crippen molar-refractivity contribution in [3.8, 4) is 5.75 Å². The minimum atomic E-state index is -0.543. The summed E-state index contributed by atoms with van der Waals surface area (Å²) in [5, 5.41) is 8.67. The minimum Gasteiger partial charge on any atom is -0.495 e. The Labute approximate surface area is 185 Å². The molecule has 32 heavy (non-hydrogen) atoms. The zero-order valence-corrected chi connectivity index (χ0v) is 17.7. The predicted octanol–water partition coefficient (Wildman–Crippen LogP) is 3.49. The monoisotopic (exact) mass is 432 g/mol. The summed E-state index contributed by atoms with van der Waals surface area (Å²) in [6.45, 7) is 1.72. The molecule has 8 heteroatoms. The van der Waals surface area contributed by atoms with Crippen LogP contribution in [0.15, 0.2) is 72.8 Å². The molecule has 3 aromatic rings. The first-order valence-electron chi connectivity index (χ1n) is 9.89. The summed E-state index contributed by atoms with van der Waals surface area (Å²) in [7, 11) is 1.54. The molecule has 0 aliphatic rings. The van der Waals surface area contributed by atoms with Crippen molar-refractivity contribution in [1.29, 1.82) is 0 Å². The average Bonchev–Trinajstić information content (AvgIpc) is 2.80. The third-order valence-electron chi connectivity index (χ3n) is 4.72. The Kier molecular flexibility index (Phi) is 7.07. The number of nitrogens with one attached hydrogen (secondary N) is 3. The molecule has 1 atom stereocenters. The Morgan fingerprint density at radius 1 is 0.812 bits per heavy atom. The van der Waals surface area contributed by atoms with Crippen molar-refractivity contribution in [3.63, 3.8) is 0 Å². The quantitative estimate of drug-likeness (QED) is 0.434. The van der Waals surface area contributed by atoms with E-state index in [4.69, 9.17) is 10.5 Å². The zero-order chi connectivity index (χ0) is 23.1. The first-order chi connectivity index (χ1) is 15.4. The van der Waals surface area contributed by atoms with Gasteiger partial charge in [0, 0.05) is 22.5 Å². The molecule has 0 aromatic heterocycles. The molecule has 3 rings (SSSR count). The molecule has 0 saturated heterocycles. The minimum absolute atomic E-state index is 0.255. The number of carbonyl (C=O) groups is 3. The number of benzene rings is 3. The second-order valence-electron chi connectivity index (χ2n) is 7.03. The first-order valence-corrected chi connectivity index (χ1v) is 9.89. The highest BCUT2D eigenvalue weighted by Gasteiger charge is 2.14. The largest absolute Gasteiger partial charge is 0.495 e. The van der Waals surface area contributed by atoms with E-state index in [0.29, 0.717) is 33.9 Å². The van der Waals surface area contributed by atoms with Gasteiger partial charge in [-0.25, -0.2) is 0 Å². The lowest BCUT2D eigenvalue weighted by Gasteiger charge is -2.16. The van der Waals surface area contributed by atoms with Gasteiger partial charge in [-0.15, -0.1) is 0 Å². The molecule has 0 heterocycles. The first kappa shape index (κ1) is 22.4. The molecule has 0 bridgehead atoms. The van der Waals surface area contributed by atoms with Crippen molar-refractivity contribution in [1.82, 2.24) is 0 Å². The van der Waals surface area contributed by atoms with Gasteiger partial charge in [0.1, 0.15) is 11.8 Å². The van der Waals surface area contributed by atoms with Gasteiger partial charge in [0.2, 0.25) is 11.8 Å². The van der Waals surface area contributed by atoms with Crippen LogP contribution in [0.2, 0.25) is 0 Å². The highest BCUT2D eigenvalue weighted by atomic mass is 16.5. The van der Waals surface area contributed by atoms with E-state index in [1.54, 1.807) is 74.7 Å². The van der Waals surface area contributed by atoms with Gasteiger partial charge < -0.3 is 26.4 Å². The molecule has 0 aliphatic heterocycles. The summed E-state index contributed by atoms with van der Waals surface area (Å²) in [5.74, 6) is -0.484. The summed E-state index contributed by atoms with van der Waals surface area (Å²) in [6.07, 6.45) is 0. The fourth-order valence-electron chi connectivity index (χ4n) is 2.94. The van der Waals surface area contributed by atoms with Gasteiger partial charge in [0.25, 0.3) is 5.91 Å². The van der Waals surface area contributed by atoms with E-state index < -0.39 is 11.9 Å². The van der Waals surface area contributed by atoms with Gasteiger partial charge in [-0.3, -0.25) is 14.4 Å². The fourth-order valence-corrected chi connectivity index (χ4v) is 2.94. The number of hydrogen-bond donors (Lipinski definition) is 4. The number of nitrogens with two attached hydrogens (primary N) is 1. The third-order valence-corrected chi connectivity index (χ3v) is 4.72. The highest BCUT2D eigenvalue weighted by Crippen LogP contribution is 2.24. The van der Waals surface area contributed by atoms with Crippen molar-refractivity contribution >= 4 is 34.8 Å². The van der Waals surface area contributed by atoms with E-state index >= 15 is 0 Å². The van der Waals surface area contributed by atoms with Crippen LogP contribution in [0.25, 0.3) is 0 Å². The van der Waals surface area contributed by atoms with Crippen LogP contribution in [0.3, 0.4) is 0 Å². The van der Waals surface area contributed by atoms with Crippen molar-refractivity contribution in [2.24, 2.45) is 5.73 Å². The molecule has 0 spiro atoms. The number of anilines is 3. The van der Waals surface area contributed by atoms with Crippen LogP contribution in [0.5, 0.6) is 5.75 Å². The maximum absolute atomic E-state index is 12.5. The van der Waals surface area contributed by atoms with Gasteiger partial charge in [0.05, 0.1) is 12.8 Å². The third kappa shape index (κ3) is 5.63. The van der Waals surface area contributed by atoms with Crippen LogP contribution < -0.4 is 26.4 Å². The van der Waals surface area contributed by atoms with Gasteiger partial charge in [0.15, 0.2) is 0 Å². The molecule has 0 fully saturated rings. The number of ether oxygens (including phenoxy) is 1. The van der Waals surface area contributed by atoms with Crippen LogP contribution in [-0.4, -0.2) is 30.9 Å². The summed E-state index contributed by atoms with van der Waals surface area (Å²) in [6, 6.07) is 19.7. The van der Waals surface area contributed by atoms with Gasteiger partial charge in [-0.1, -0.05) is 12.1 Å². The highest BCUT2D eigenvalue weighted by molar-refractivity contribution is 6.05. The predicted molar refractivity (Wildman–Crippen MR) is 124 cm³/mol. The maximum Gasteiger partial charge on any atom is 0.255 e. The lowest BCUT2D eigenvalue weighted by molar-refractivity contribution is -0.116. The molecule has 0 radical (unpaired) electrons. The average molecular weight is 432 g/mol. The summed E-state index contributed by atoms with van der Waals surface area (Å²) in [5.41, 5.74) is 7.86.